The summed E-state index contributed by atoms with van der Waals surface area (Å²) in [5.41, 5.74) is 12.7. The molecule has 0 unspecified atom stereocenters. The maximum atomic E-state index is 14.8. The number of aliphatic carboxylic acids is 1. The molecular weight excluding hydrogens is 1140 g/mol. The van der Waals surface area contributed by atoms with Crippen molar-refractivity contribution in [3.05, 3.63) is 29.3 Å². The van der Waals surface area contributed by atoms with Crippen LogP contribution >= 0.6 is 23.5 Å². The smallest absolute Gasteiger partial charge is 0.266 e. The third-order valence-corrected chi connectivity index (χ3v) is 16.8. The van der Waals surface area contributed by atoms with Crippen molar-refractivity contribution in [3.8, 4) is 5.75 Å². The molecule has 0 radical (unpaired) electrons. The molecule has 12 N–H and O–H groups in total. The second kappa shape index (κ2) is 33.3. The molecule has 4 heterocycles. The third kappa shape index (κ3) is 20.5. The quantitative estimate of drug-likeness (QED) is 0.117. The minimum absolute atomic E-state index is 0.0292. The van der Waals surface area contributed by atoms with E-state index in [-0.39, 0.29) is 68.4 Å². The summed E-state index contributed by atoms with van der Waals surface area (Å²) in [6, 6.07) is -7.36. The van der Waals surface area contributed by atoms with Crippen LogP contribution in [0.4, 0.5) is 0 Å². The van der Waals surface area contributed by atoms with E-state index in [1.54, 1.807) is 19.9 Å². The molecule has 30 heteroatoms. The number of oxime groups is 1. The first-order valence-corrected chi connectivity index (χ1v) is 30.5. The summed E-state index contributed by atoms with van der Waals surface area (Å²) in [4.78, 5) is 171. The summed E-state index contributed by atoms with van der Waals surface area (Å²) in [5.74, 6) is -11.2. The van der Waals surface area contributed by atoms with Crippen molar-refractivity contribution in [2.45, 2.75) is 177 Å². The van der Waals surface area contributed by atoms with Gasteiger partial charge in [0.25, 0.3) is 5.91 Å². The van der Waals surface area contributed by atoms with Crippen LogP contribution in [-0.2, 0) is 73.9 Å². The van der Waals surface area contributed by atoms with Gasteiger partial charge >= 0.3 is 0 Å². The summed E-state index contributed by atoms with van der Waals surface area (Å²) in [6.07, 6.45) is 1.54. The van der Waals surface area contributed by atoms with Crippen molar-refractivity contribution >= 4 is 101 Å². The molecule has 1 aromatic rings. The maximum Gasteiger partial charge on any atom is 0.266 e. The normalized spacial score (nSPS) is 27.9. The molecule has 0 aromatic heterocycles. The van der Waals surface area contributed by atoms with Crippen molar-refractivity contribution in [2.75, 3.05) is 37.8 Å². The minimum Gasteiger partial charge on any atom is -0.550 e. The van der Waals surface area contributed by atoms with Crippen LogP contribution in [-0.4, -0.2) is 190 Å². The highest BCUT2D eigenvalue weighted by Crippen LogP contribution is 2.27. The second-order valence-electron chi connectivity index (χ2n) is 21.3. The van der Waals surface area contributed by atoms with Crippen LogP contribution in [0.2, 0.25) is 0 Å². The van der Waals surface area contributed by atoms with Crippen molar-refractivity contribution < 1.29 is 77.3 Å². The van der Waals surface area contributed by atoms with Crippen LogP contribution in [0, 0.1) is 5.92 Å². The van der Waals surface area contributed by atoms with Gasteiger partial charge in [-0.25, -0.2) is 0 Å². The highest BCUT2D eigenvalue weighted by Gasteiger charge is 2.43. The number of nitrogens with two attached hydrogens (primary N) is 2. The SMILES string of the molecule is CC[C@H](C)[C@@H]1NC(=O)[C@H](CC(=O)[O-])NC(=O)[C@H](C)NC(=O)[C@@H]2CCCN2C(=O)[C@@H]2CSCc3cc(cc(c3)OCCCCCCO/N=C/C(=O)N[C@@H](CCC(N)=O)C(=O)N2)CSC[C@@H](C(N)=O)NC(=O)[C@H]([C@@H](C)O)NC(=O)[C@@H]2CCCN2C1=O. The molecule has 4 bridgehead atoms. The van der Waals surface area contributed by atoms with Gasteiger partial charge in [0.15, 0.2) is 0 Å². The largest absolute Gasteiger partial charge is 0.550 e. The molecule has 11 atom stereocenters. The highest BCUT2D eigenvalue weighted by molar-refractivity contribution is 7.98. The van der Waals surface area contributed by atoms with E-state index in [0.717, 1.165) is 24.6 Å². The van der Waals surface area contributed by atoms with Gasteiger partial charge in [-0.05, 0) is 101 Å². The molecule has 1 aromatic carbocycles. The van der Waals surface area contributed by atoms with Crippen LogP contribution in [0.3, 0.4) is 0 Å². The van der Waals surface area contributed by atoms with Gasteiger partial charge in [0, 0.05) is 54.9 Å². The molecule has 4 aliphatic rings. The number of carbonyl (C=O) groups excluding carboxylic acids is 12. The molecule has 0 spiro atoms. The fraction of sp³-hybridized carbons (Fsp3) is 0.648. The van der Waals surface area contributed by atoms with Gasteiger partial charge in [-0.2, -0.15) is 23.5 Å². The number of aliphatic hydroxyl groups excluding tert-OH is 1. The van der Waals surface area contributed by atoms with Crippen molar-refractivity contribution in [3.63, 3.8) is 0 Å². The number of primary amides is 2. The second-order valence-corrected chi connectivity index (χ2v) is 23.3. The van der Waals surface area contributed by atoms with E-state index in [2.05, 4.69) is 42.4 Å². The lowest BCUT2D eigenvalue weighted by atomic mass is 9.96. The molecule has 5 rings (SSSR count). The first-order valence-electron chi connectivity index (χ1n) is 28.2. The summed E-state index contributed by atoms with van der Waals surface area (Å²) in [7, 11) is 0. The zero-order valence-electron chi connectivity index (χ0n) is 47.7. The Morgan fingerprint density at radius 3 is 1.90 bits per heavy atom. The predicted octanol–water partition coefficient (Wildman–Crippen LogP) is -3.17. The van der Waals surface area contributed by atoms with E-state index < -0.39 is 144 Å². The molecule has 2 fully saturated rings. The number of thioether (sulfide) groups is 2. The Morgan fingerprint density at radius 2 is 1.30 bits per heavy atom. The number of amides is 11. The lowest BCUT2D eigenvalue weighted by Crippen LogP contribution is -2.62. The third-order valence-electron chi connectivity index (χ3n) is 14.6. The zero-order chi connectivity index (χ0) is 61.6. The van der Waals surface area contributed by atoms with Crippen LogP contribution in [0.5, 0.6) is 5.75 Å². The molecule has 84 heavy (non-hydrogen) atoms. The summed E-state index contributed by atoms with van der Waals surface area (Å²) in [5, 5.41) is 44.2. The van der Waals surface area contributed by atoms with Crippen molar-refractivity contribution in [1.82, 2.24) is 47.0 Å². The summed E-state index contributed by atoms with van der Waals surface area (Å²) < 4.78 is 6.22. The van der Waals surface area contributed by atoms with E-state index in [1.807, 2.05) is 12.1 Å². The van der Waals surface area contributed by atoms with E-state index in [0.29, 0.717) is 50.0 Å². The fourth-order valence-electron chi connectivity index (χ4n) is 9.81. The van der Waals surface area contributed by atoms with Gasteiger partial charge in [-0.15, -0.1) is 0 Å². The standard InChI is InChI=1S/C54H80N12O16S2/c1-5-29(2)44-54(80)66-17-11-13-40(66)51(77)64-45(31(4)67)52(78)61-37(46(56)72)27-83-25-32-20-33-22-34(21-32)81-18-8-6-7-9-19-82-57-24-42(69)59-35(14-15-41(55)68)48(74)62-38(28-84-26-33)53(79)65-16-10-12-39(65)50(76)58-30(3)47(73)60-36(23-43(70)71)49(75)63-44/h20-22,24,29-31,35-40,44-45,67H,5-19,23,25-28H2,1-4H3,(H2,55,68)(H2,56,72)(H,58,76)(H,59,69)(H,60,73)(H,61,78)(H,62,74)(H,63,75)(H,64,77)(H,70,71)/p-1/b57-24+/t29-,30-,31+,35-,36-,37-,38-,39-,40-,44-,45-/m0/s1. The van der Waals surface area contributed by atoms with Crippen LogP contribution < -0.4 is 58.5 Å². The first-order chi connectivity index (χ1) is 40.0. The van der Waals surface area contributed by atoms with E-state index in [1.165, 1.54) is 47.2 Å². The number of benzene rings is 1. The average molecular weight is 1220 g/mol. The number of hydrogen-bond acceptors (Lipinski definition) is 19. The topological polar surface area (TPSA) is 422 Å². The van der Waals surface area contributed by atoms with Gasteiger partial charge in [0.2, 0.25) is 59.1 Å². The Kier molecular flexibility index (Phi) is 26.8. The first kappa shape index (κ1) is 67.6. The Hall–Kier alpha value is -7.21. The Labute approximate surface area is 495 Å². The van der Waals surface area contributed by atoms with Gasteiger partial charge in [-0.3, -0.25) is 52.7 Å². The molecule has 4 aliphatic heterocycles. The fourth-order valence-corrected chi connectivity index (χ4v) is 11.8. The molecule has 464 valence electrons. The van der Waals surface area contributed by atoms with E-state index in [9.17, 15) is 67.7 Å². The Bertz CT molecular complexity index is 2600. The molecule has 2 saturated heterocycles. The van der Waals surface area contributed by atoms with Crippen molar-refractivity contribution in [2.24, 2.45) is 22.5 Å². The number of carbonyl (C=O) groups is 12. The zero-order valence-corrected chi connectivity index (χ0v) is 49.3. The van der Waals surface area contributed by atoms with E-state index in [4.69, 9.17) is 21.0 Å². The van der Waals surface area contributed by atoms with Crippen molar-refractivity contribution in [1.29, 1.82) is 0 Å². The van der Waals surface area contributed by atoms with Crippen LogP contribution in [0.25, 0.3) is 0 Å². The number of aliphatic hydroxyl groups is 1. The summed E-state index contributed by atoms with van der Waals surface area (Å²) >= 11 is 2.45. The number of rotatable bonds is 9. The average Bonchev–Trinajstić information content (AvgIpc) is 4.29. The molecule has 0 saturated carbocycles. The number of hydrogen-bond donors (Lipinski definition) is 10. The molecule has 28 nitrogen and oxygen atoms in total. The van der Waals surface area contributed by atoms with Gasteiger partial charge in [0.1, 0.15) is 72.9 Å². The van der Waals surface area contributed by atoms with Gasteiger partial charge in [-0.1, -0.05) is 31.5 Å². The van der Waals surface area contributed by atoms with Gasteiger partial charge < -0.3 is 83.1 Å². The van der Waals surface area contributed by atoms with E-state index >= 15 is 0 Å². The molecule has 11 amide bonds. The number of fused-ring (bicyclic) bond motifs is 7. The number of ether oxygens (including phenoxy) is 1. The van der Waals surface area contributed by atoms with Crippen LogP contribution in [0.1, 0.15) is 116 Å². The number of carboxylic acids is 1. The van der Waals surface area contributed by atoms with Gasteiger partial charge in [0.05, 0.1) is 12.7 Å². The number of carboxylic acid groups (broad SMARTS) is 1. The highest BCUT2D eigenvalue weighted by atomic mass is 32.2. The Balaban J connectivity index is 1.54. The van der Waals surface area contributed by atoms with Crippen LogP contribution in [0.15, 0.2) is 23.4 Å². The Morgan fingerprint density at radius 1 is 0.702 bits per heavy atom. The lowest BCUT2D eigenvalue weighted by Gasteiger charge is -2.33. The maximum absolute atomic E-state index is 14.8. The lowest BCUT2D eigenvalue weighted by molar-refractivity contribution is -0.306. The number of nitrogens with one attached hydrogen (secondary N) is 7. The summed E-state index contributed by atoms with van der Waals surface area (Å²) in [6.45, 7) is 6.42. The predicted molar refractivity (Wildman–Crippen MR) is 304 cm³/mol. The molecular formula is C54H79N12O16S2-. The number of nitrogens with zero attached hydrogens (tertiary/aromatic N) is 3. The molecule has 0 aliphatic carbocycles. The minimum atomic E-state index is -1.86. The monoisotopic (exact) mass is 1220 g/mol.